The quantitative estimate of drug-likeness (QED) is 0.0173. The second kappa shape index (κ2) is 41.9. The van der Waals surface area contributed by atoms with Crippen LogP contribution in [0.4, 0.5) is 0 Å². The molecule has 70 heavy (non-hydrogen) atoms. The summed E-state index contributed by atoms with van der Waals surface area (Å²) < 4.78 is 33.6. The van der Waals surface area contributed by atoms with Crippen LogP contribution in [-0.2, 0) is 38.0 Å². The molecule has 2 aliphatic rings. The third kappa shape index (κ3) is 29.2. The molecule has 2 heterocycles. The van der Waals surface area contributed by atoms with Crippen molar-refractivity contribution >= 4 is 11.9 Å². The van der Waals surface area contributed by atoms with Crippen LogP contribution in [0.2, 0.25) is 0 Å². The van der Waals surface area contributed by atoms with Gasteiger partial charge in [0.05, 0.1) is 19.8 Å². The molecule has 0 spiro atoms. The first-order valence-corrected chi connectivity index (χ1v) is 27.2. The van der Waals surface area contributed by atoms with Gasteiger partial charge in [-0.1, -0.05) is 159 Å². The molecule has 0 bridgehead atoms. The van der Waals surface area contributed by atoms with Crippen LogP contribution in [-0.4, -0.2) is 142 Å². The van der Waals surface area contributed by atoms with E-state index in [9.17, 15) is 45.3 Å². The summed E-state index contributed by atoms with van der Waals surface area (Å²) in [6, 6.07) is 0. The van der Waals surface area contributed by atoms with Crippen LogP contribution in [0.5, 0.6) is 0 Å². The Morgan fingerprint density at radius 3 is 1.41 bits per heavy atom. The number of hydrogen-bond donors (Lipinski definition) is 7. The van der Waals surface area contributed by atoms with Crippen molar-refractivity contribution in [2.45, 2.75) is 261 Å². The van der Waals surface area contributed by atoms with Gasteiger partial charge in [0.1, 0.15) is 55.4 Å². The van der Waals surface area contributed by atoms with Crippen molar-refractivity contribution < 1.29 is 73.8 Å². The molecule has 2 aliphatic heterocycles. The fraction of sp³-hybridized carbons (Fsp3) is 0.818. The van der Waals surface area contributed by atoms with Gasteiger partial charge in [-0.3, -0.25) is 9.59 Å². The summed E-state index contributed by atoms with van der Waals surface area (Å²) in [5.41, 5.74) is 0. The second-order valence-electron chi connectivity index (χ2n) is 19.0. The third-order valence-electron chi connectivity index (χ3n) is 12.8. The van der Waals surface area contributed by atoms with Gasteiger partial charge in [-0.25, -0.2) is 0 Å². The zero-order chi connectivity index (χ0) is 51.0. The molecule has 4 unspecified atom stereocenters. The Labute approximate surface area is 420 Å². The normalized spacial score (nSPS) is 25.7. The van der Waals surface area contributed by atoms with Crippen molar-refractivity contribution in [2.75, 3.05) is 26.4 Å². The van der Waals surface area contributed by atoms with E-state index in [2.05, 4.69) is 56.4 Å². The SMILES string of the molecule is CCCCCC/C=C/CCCCCCCCCCCC(=O)OC[C@@H](CO[C@@H]1O[C@H](CO[C@@H]2O[C@H](CO)[C@H](O)C(O)C2O)[C@H](O)C(O)C1O)OC(=O)CCC/C=C/C/C=C/C/C=C/CCCCCCCC. The van der Waals surface area contributed by atoms with E-state index < -0.39 is 99.3 Å². The Balaban J connectivity index is 1.81. The molecule has 15 heteroatoms. The molecule has 7 N–H and O–H groups in total. The van der Waals surface area contributed by atoms with Crippen LogP contribution in [0.1, 0.15) is 194 Å². The van der Waals surface area contributed by atoms with Gasteiger partial charge in [-0.05, 0) is 70.6 Å². The molecular formula is C55H96O15. The summed E-state index contributed by atoms with van der Waals surface area (Å²) in [7, 11) is 0. The van der Waals surface area contributed by atoms with Gasteiger partial charge in [0, 0.05) is 12.8 Å². The minimum Gasteiger partial charge on any atom is -0.462 e. The van der Waals surface area contributed by atoms with Crippen LogP contribution in [0.15, 0.2) is 48.6 Å². The molecule has 0 aromatic rings. The second-order valence-corrected chi connectivity index (χ2v) is 19.0. The lowest BCUT2D eigenvalue weighted by atomic mass is 9.98. The third-order valence-corrected chi connectivity index (χ3v) is 12.8. The molecule has 2 fully saturated rings. The van der Waals surface area contributed by atoms with Crippen molar-refractivity contribution in [3.05, 3.63) is 48.6 Å². The number of rotatable bonds is 42. The molecule has 2 saturated heterocycles. The highest BCUT2D eigenvalue weighted by Crippen LogP contribution is 2.26. The lowest BCUT2D eigenvalue weighted by Crippen LogP contribution is -2.61. The largest absolute Gasteiger partial charge is 0.462 e. The molecule has 0 amide bonds. The number of aliphatic hydroxyl groups excluding tert-OH is 7. The van der Waals surface area contributed by atoms with E-state index in [1.54, 1.807) is 0 Å². The number of esters is 2. The van der Waals surface area contributed by atoms with Gasteiger partial charge in [0.2, 0.25) is 0 Å². The topological polar surface area (TPSA) is 231 Å². The monoisotopic (exact) mass is 997 g/mol. The first-order valence-electron chi connectivity index (χ1n) is 27.2. The Morgan fingerprint density at radius 2 is 0.871 bits per heavy atom. The standard InChI is InChI=1S/C55H96O15/c1-3-5-7-9-11-13-15-17-19-21-23-25-27-29-31-33-35-37-46(57)65-40-43(68-47(58)38-36-34-32-30-28-26-24-22-20-18-16-14-12-10-8-6-4-2)41-66-54-53(64)51(62)49(60)45(70-54)42-67-55-52(63)50(61)48(59)44(39-56)69-55/h13,15,18,20,24,26,30,32,43-45,48-56,59-64H,3-12,14,16-17,19,21-23,25,27-29,31,33-42H2,1-2H3/b15-13+,20-18+,26-24+,32-30+/t43-,44+,45+,48-,49-,50?,51?,52?,53?,54+,55+/m0/s1. The molecule has 2 rings (SSSR count). The summed E-state index contributed by atoms with van der Waals surface area (Å²) >= 11 is 0. The van der Waals surface area contributed by atoms with E-state index in [1.807, 2.05) is 6.08 Å². The Morgan fingerprint density at radius 1 is 0.457 bits per heavy atom. The van der Waals surface area contributed by atoms with Crippen molar-refractivity contribution in [2.24, 2.45) is 0 Å². The summed E-state index contributed by atoms with van der Waals surface area (Å²) in [5.74, 6) is -0.987. The molecule has 0 aromatic carbocycles. The van der Waals surface area contributed by atoms with Gasteiger partial charge in [0.15, 0.2) is 18.7 Å². The van der Waals surface area contributed by atoms with Crippen molar-refractivity contribution in [3.8, 4) is 0 Å². The fourth-order valence-electron chi connectivity index (χ4n) is 8.29. The van der Waals surface area contributed by atoms with Gasteiger partial charge >= 0.3 is 11.9 Å². The van der Waals surface area contributed by atoms with Crippen LogP contribution >= 0.6 is 0 Å². The maximum atomic E-state index is 13.0. The summed E-state index contributed by atoms with van der Waals surface area (Å²) in [5, 5.41) is 72.1. The zero-order valence-corrected chi connectivity index (χ0v) is 43.0. The predicted molar refractivity (Wildman–Crippen MR) is 270 cm³/mol. The van der Waals surface area contributed by atoms with E-state index in [4.69, 9.17) is 28.4 Å². The highest BCUT2D eigenvalue weighted by Gasteiger charge is 2.47. The Kier molecular flexibility index (Phi) is 38.0. The van der Waals surface area contributed by atoms with Gasteiger partial charge in [0.25, 0.3) is 0 Å². The maximum Gasteiger partial charge on any atom is 0.306 e. The Bertz CT molecular complexity index is 1400. The highest BCUT2D eigenvalue weighted by atomic mass is 16.7. The molecular weight excluding hydrogens is 901 g/mol. The van der Waals surface area contributed by atoms with E-state index >= 15 is 0 Å². The molecule has 15 nitrogen and oxygen atoms in total. The summed E-state index contributed by atoms with van der Waals surface area (Å²) in [6.07, 6.45) is 30.0. The lowest BCUT2D eigenvalue weighted by Gasteiger charge is -2.42. The molecule has 406 valence electrons. The number of carbonyl (C=O) groups excluding carboxylic acids is 2. The maximum absolute atomic E-state index is 13.0. The van der Waals surface area contributed by atoms with E-state index in [0.717, 1.165) is 44.9 Å². The summed E-state index contributed by atoms with van der Waals surface area (Å²) in [6.45, 7) is 2.53. The van der Waals surface area contributed by atoms with Crippen LogP contribution in [0.25, 0.3) is 0 Å². The average Bonchev–Trinajstić information content (AvgIpc) is 3.35. The summed E-state index contributed by atoms with van der Waals surface area (Å²) in [4.78, 5) is 25.8. The first kappa shape index (κ1) is 63.6. The van der Waals surface area contributed by atoms with Crippen LogP contribution < -0.4 is 0 Å². The van der Waals surface area contributed by atoms with Crippen molar-refractivity contribution in [1.82, 2.24) is 0 Å². The lowest BCUT2D eigenvalue weighted by molar-refractivity contribution is -0.332. The van der Waals surface area contributed by atoms with E-state index in [1.165, 1.54) is 103 Å². The molecule has 0 aliphatic carbocycles. The minimum absolute atomic E-state index is 0.0927. The number of unbranched alkanes of at least 4 members (excludes halogenated alkanes) is 20. The fourth-order valence-corrected chi connectivity index (χ4v) is 8.29. The minimum atomic E-state index is -1.77. The average molecular weight is 997 g/mol. The van der Waals surface area contributed by atoms with Crippen LogP contribution in [0, 0.1) is 0 Å². The van der Waals surface area contributed by atoms with Crippen molar-refractivity contribution in [3.63, 3.8) is 0 Å². The number of carbonyl (C=O) groups is 2. The van der Waals surface area contributed by atoms with Gasteiger partial charge in [-0.2, -0.15) is 0 Å². The molecule has 0 aromatic heterocycles. The van der Waals surface area contributed by atoms with Crippen LogP contribution in [0.3, 0.4) is 0 Å². The first-order chi connectivity index (χ1) is 34.0. The molecule has 0 radical (unpaired) electrons. The highest BCUT2D eigenvalue weighted by molar-refractivity contribution is 5.70. The smallest absolute Gasteiger partial charge is 0.306 e. The van der Waals surface area contributed by atoms with E-state index in [0.29, 0.717) is 19.3 Å². The number of aliphatic hydroxyl groups is 7. The number of allylic oxidation sites excluding steroid dienone is 8. The van der Waals surface area contributed by atoms with Crippen molar-refractivity contribution in [1.29, 1.82) is 0 Å². The Hall–Kier alpha value is -2.54. The number of ether oxygens (including phenoxy) is 6. The molecule has 0 saturated carbocycles. The zero-order valence-electron chi connectivity index (χ0n) is 43.0. The predicted octanol–water partition coefficient (Wildman–Crippen LogP) is 8.27. The molecule has 11 atom stereocenters. The van der Waals surface area contributed by atoms with E-state index in [-0.39, 0.29) is 19.4 Å². The van der Waals surface area contributed by atoms with Gasteiger partial charge < -0.3 is 64.2 Å². The van der Waals surface area contributed by atoms with Gasteiger partial charge in [-0.15, -0.1) is 0 Å². The number of hydrogen-bond acceptors (Lipinski definition) is 15.